The van der Waals surface area contributed by atoms with Crippen LogP contribution in [0.25, 0.3) is 0 Å². The van der Waals surface area contributed by atoms with Crippen LogP contribution in [0.4, 0.5) is 0 Å². The van der Waals surface area contributed by atoms with Gasteiger partial charge in [0.25, 0.3) is 0 Å². The van der Waals surface area contributed by atoms with Gasteiger partial charge in [0.1, 0.15) is 5.75 Å². The van der Waals surface area contributed by atoms with Gasteiger partial charge in [0.15, 0.2) is 0 Å². The Morgan fingerprint density at radius 3 is 2.50 bits per heavy atom. The van der Waals surface area contributed by atoms with E-state index in [2.05, 4.69) is 10.5 Å². The fourth-order valence-electron chi connectivity index (χ4n) is 1.90. The summed E-state index contributed by atoms with van der Waals surface area (Å²) < 4.78 is 0. The van der Waals surface area contributed by atoms with Crippen molar-refractivity contribution in [3.63, 3.8) is 0 Å². The molecule has 0 aliphatic carbocycles. The zero-order valence-electron chi connectivity index (χ0n) is 12.0. The number of phenolic OH excluding ortho intramolecular Hbond substituents is 1. The number of rotatable bonds is 6. The molecule has 114 valence electrons. The molecule has 1 amide bonds. The van der Waals surface area contributed by atoms with Crippen molar-refractivity contribution < 1.29 is 15.0 Å². The summed E-state index contributed by atoms with van der Waals surface area (Å²) in [5, 5.41) is 22.9. The number of phenols is 1. The predicted molar refractivity (Wildman–Crippen MR) is 84.5 cm³/mol. The van der Waals surface area contributed by atoms with Gasteiger partial charge in [-0.3, -0.25) is 4.79 Å². The first-order valence-corrected chi connectivity index (χ1v) is 6.99. The Hall–Kier alpha value is -2.66. The molecule has 0 radical (unpaired) electrons. The number of hydrazone groups is 1. The highest BCUT2D eigenvalue weighted by molar-refractivity contribution is 5.82. The Kier molecular flexibility index (Phi) is 5.68. The fraction of sp³-hybridized carbons (Fsp3) is 0.176. The van der Waals surface area contributed by atoms with E-state index in [0.29, 0.717) is 6.42 Å². The summed E-state index contributed by atoms with van der Waals surface area (Å²) in [6.45, 7) is 0. The third kappa shape index (κ3) is 5.03. The standard InChI is InChI=1S/C17H18N2O3/c20-15-8-6-13(7-9-15)12-18-19-17(22)11-10-16(21)14-4-2-1-3-5-14/h1-9,12,16,20-21H,10-11H2,(H,19,22)/b18-12-/t16-/m0/s1. The van der Waals surface area contributed by atoms with Gasteiger partial charge in [0, 0.05) is 6.42 Å². The molecule has 3 N–H and O–H groups in total. The lowest BCUT2D eigenvalue weighted by molar-refractivity contribution is -0.121. The van der Waals surface area contributed by atoms with Gasteiger partial charge in [-0.05, 0) is 41.8 Å². The quantitative estimate of drug-likeness (QED) is 0.565. The van der Waals surface area contributed by atoms with Crippen molar-refractivity contribution in [1.29, 1.82) is 0 Å². The minimum Gasteiger partial charge on any atom is -0.508 e. The summed E-state index contributed by atoms with van der Waals surface area (Å²) >= 11 is 0. The number of carbonyl (C=O) groups excluding carboxylic acids is 1. The second-order valence-corrected chi connectivity index (χ2v) is 4.85. The summed E-state index contributed by atoms with van der Waals surface area (Å²) in [7, 11) is 0. The van der Waals surface area contributed by atoms with Crippen LogP contribution in [-0.2, 0) is 4.79 Å². The Bertz CT molecular complexity index is 624. The molecule has 2 rings (SSSR count). The predicted octanol–water partition coefficient (Wildman–Crippen LogP) is 2.36. The summed E-state index contributed by atoms with van der Waals surface area (Å²) in [6, 6.07) is 15.7. The van der Waals surface area contributed by atoms with Crippen LogP contribution in [0.3, 0.4) is 0 Å². The van der Waals surface area contributed by atoms with Gasteiger partial charge in [-0.25, -0.2) is 5.43 Å². The lowest BCUT2D eigenvalue weighted by atomic mass is 10.1. The van der Waals surface area contributed by atoms with Crippen LogP contribution in [0.15, 0.2) is 59.7 Å². The summed E-state index contributed by atoms with van der Waals surface area (Å²) in [6.07, 6.45) is 1.35. The maximum atomic E-state index is 11.6. The number of aromatic hydroxyl groups is 1. The number of carbonyl (C=O) groups is 1. The molecule has 0 saturated carbocycles. The average Bonchev–Trinajstić information content (AvgIpc) is 2.55. The van der Waals surface area contributed by atoms with Gasteiger partial charge < -0.3 is 10.2 Å². The highest BCUT2D eigenvalue weighted by Crippen LogP contribution is 2.17. The second kappa shape index (κ2) is 7.95. The first-order chi connectivity index (χ1) is 10.6. The van der Waals surface area contributed by atoms with Gasteiger partial charge >= 0.3 is 0 Å². The summed E-state index contributed by atoms with van der Waals surface area (Å²) in [5.41, 5.74) is 3.97. The van der Waals surface area contributed by atoms with Gasteiger partial charge in [0.05, 0.1) is 12.3 Å². The molecule has 0 aromatic heterocycles. The van der Waals surface area contributed by atoms with Crippen molar-refractivity contribution >= 4 is 12.1 Å². The fourth-order valence-corrected chi connectivity index (χ4v) is 1.90. The number of hydrogen-bond donors (Lipinski definition) is 3. The van der Waals surface area contributed by atoms with Crippen LogP contribution in [0.2, 0.25) is 0 Å². The highest BCUT2D eigenvalue weighted by atomic mass is 16.3. The molecule has 0 heterocycles. The van der Waals surface area contributed by atoms with Crippen LogP contribution in [0, 0.1) is 0 Å². The summed E-state index contributed by atoms with van der Waals surface area (Å²) in [5.74, 6) is -0.0823. The van der Waals surface area contributed by atoms with E-state index in [1.54, 1.807) is 24.3 Å². The second-order valence-electron chi connectivity index (χ2n) is 4.85. The SMILES string of the molecule is O=C(CC[C@H](O)c1ccccc1)N/N=C\c1ccc(O)cc1. The van der Waals surface area contributed by atoms with E-state index < -0.39 is 6.10 Å². The van der Waals surface area contributed by atoms with Gasteiger partial charge in [-0.15, -0.1) is 0 Å². The number of benzene rings is 2. The zero-order valence-corrected chi connectivity index (χ0v) is 12.0. The van der Waals surface area contributed by atoms with Gasteiger partial charge in [-0.2, -0.15) is 5.10 Å². The molecule has 2 aromatic carbocycles. The Labute approximate surface area is 128 Å². The third-order valence-electron chi connectivity index (χ3n) is 3.13. The largest absolute Gasteiger partial charge is 0.508 e. The molecular formula is C17H18N2O3. The molecule has 0 bridgehead atoms. The lowest BCUT2D eigenvalue weighted by Gasteiger charge is -2.09. The molecule has 0 fully saturated rings. The monoisotopic (exact) mass is 298 g/mol. The Morgan fingerprint density at radius 1 is 1.14 bits per heavy atom. The normalized spacial score (nSPS) is 12.2. The highest BCUT2D eigenvalue weighted by Gasteiger charge is 2.09. The number of aliphatic hydroxyl groups is 1. The maximum absolute atomic E-state index is 11.6. The van der Waals surface area contributed by atoms with Crippen molar-refractivity contribution in [2.45, 2.75) is 18.9 Å². The van der Waals surface area contributed by atoms with Gasteiger partial charge in [0.2, 0.25) is 5.91 Å². The minimum absolute atomic E-state index is 0.177. The van der Waals surface area contributed by atoms with E-state index in [4.69, 9.17) is 5.11 Å². The molecule has 5 heteroatoms. The zero-order chi connectivity index (χ0) is 15.8. The molecule has 2 aromatic rings. The summed E-state index contributed by atoms with van der Waals surface area (Å²) in [4.78, 5) is 11.6. The van der Waals surface area contributed by atoms with E-state index in [9.17, 15) is 9.90 Å². The first-order valence-electron chi connectivity index (χ1n) is 6.99. The smallest absolute Gasteiger partial charge is 0.240 e. The number of amides is 1. The van der Waals surface area contributed by atoms with E-state index in [1.807, 2.05) is 30.3 Å². The maximum Gasteiger partial charge on any atom is 0.240 e. The van der Waals surface area contributed by atoms with Crippen LogP contribution in [-0.4, -0.2) is 22.3 Å². The van der Waals surface area contributed by atoms with Crippen molar-refractivity contribution in [2.24, 2.45) is 5.10 Å². The Morgan fingerprint density at radius 2 is 1.82 bits per heavy atom. The van der Waals surface area contributed by atoms with Gasteiger partial charge in [-0.1, -0.05) is 30.3 Å². The third-order valence-corrected chi connectivity index (χ3v) is 3.13. The van der Waals surface area contributed by atoms with Crippen molar-refractivity contribution in [3.8, 4) is 5.75 Å². The van der Waals surface area contributed by atoms with E-state index >= 15 is 0 Å². The van der Waals surface area contributed by atoms with Crippen LogP contribution >= 0.6 is 0 Å². The number of nitrogens with one attached hydrogen (secondary N) is 1. The lowest BCUT2D eigenvalue weighted by Crippen LogP contribution is -2.18. The van der Waals surface area contributed by atoms with Crippen molar-refractivity contribution in [2.75, 3.05) is 0 Å². The van der Waals surface area contributed by atoms with E-state index in [0.717, 1.165) is 11.1 Å². The molecule has 1 atom stereocenters. The first kappa shape index (κ1) is 15.7. The molecule has 0 aliphatic rings. The van der Waals surface area contributed by atoms with Crippen molar-refractivity contribution in [1.82, 2.24) is 5.43 Å². The van der Waals surface area contributed by atoms with Crippen LogP contribution in [0.1, 0.15) is 30.1 Å². The van der Waals surface area contributed by atoms with E-state index in [1.165, 1.54) is 6.21 Å². The Balaban J connectivity index is 1.75. The average molecular weight is 298 g/mol. The molecule has 0 unspecified atom stereocenters. The molecule has 0 saturated heterocycles. The minimum atomic E-state index is -0.659. The molecule has 5 nitrogen and oxygen atoms in total. The van der Waals surface area contributed by atoms with E-state index in [-0.39, 0.29) is 18.1 Å². The molecule has 0 spiro atoms. The molecular weight excluding hydrogens is 280 g/mol. The number of nitrogens with zero attached hydrogens (tertiary/aromatic N) is 1. The topological polar surface area (TPSA) is 81.9 Å². The number of aliphatic hydroxyl groups excluding tert-OH is 1. The van der Waals surface area contributed by atoms with Crippen LogP contribution in [0.5, 0.6) is 5.75 Å². The molecule has 0 aliphatic heterocycles. The van der Waals surface area contributed by atoms with Crippen molar-refractivity contribution in [3.05, 3.63) is 65.7 Å². The number of hydrogen-bond acceptors (Lipinski definition) is 4. The van der Waals surface area contributed by atoms with Crippen LogP contribution < -0.4 is 5.43 Å². The molecule has 22 heavy (non-hydrogen) atoms.